The van der Waals surface area contributed by atoms with Crippen molar-refractivity contribution in [2.45, 2.75) is 24.0 Å². The van der Waals surface area contributed by atoms with Gasteiger partial charge in [-0.1, -0.05) is 12.1 Å². The number of hydrogen-bond donors (Lipinski definition) is 3. The molecule has 0 aliphatic heterocycles. The molecule has 0 saturated carbocycles. The summed E-state index contributed by atoms with van der Waals surface area (Å²) in [5, 5.41) is 5.37. The number of rotatable bonds is 6. The van der Waals surface area contributed by atoms with Gasteiger partial charge in [-0.3, -0.25) is 4.99 Å². The number of benzene rings is 1. The molecule has 0 bridgehead atoms. The Labute approximate surface area is 156 Å². The molecule has 0 spiro atoms. The van der Waals surface area contributed by atoms with E-state index in [4.69, 9.17) is 0 Å². The molecule has 1 aromatic carbocycles. The lowest BCUT2D eigenvalue weighted by Gasteiger charge is -2.13. The van der Waals surface area contributed by atoms with Gasteiger partial charge in [0.2, 0.25) is 10.0 Å². The lowest BCUT2D eigenvalue weighted by atomic mass is 10.2. The van der Waals surface area contributed by atoms with Crippen molar-refractivity contribution in [1.82, 2.24) is 15.4 Å². The minimum atomic E-state index is -4.23. The maximum absolute atomic E-state index is 12.1. The highest BCUT2D eigenvalue weighted by atomic mass is 127. The van der Waals surface area contributed by atoms with Crippen molar-refractivity contribution in [3.8, 4) is 0 Å². The van der Waals surface area contributed by atoms with Gasteiger partial charge in [-0.25, -0.2) is 13.1 Å². The molecule has 6 nitrogen and oxygen atoms in total. The maximum Gasteiger partial charge on any atom is 0.390 e. The molecule has 0 unspecified atom stereocenters. The fourth-order valence-corrected chi connectivity index (χ4v) is 2.47. The first-order valence-corrected chi connectivity index (χ1v) is 8.20. The number of sulfonamides is 1. The average Bonchev–Trinajstić information content (AvgIpc) is 2.49. The van der Waals surface area contributed by atoms with Crippen LogP contribution in [0.25, 0.3) is 0 Å². The number of nitrogens with zero attached hydrogens (tertiary/aromatic N) is 1. The molecule has 0 radical (unpaired) electrons. The molecule has 138 valence electrons. The molecule has 1 aromatic rings. The van der Waals surface area contributed by atoms with Crippen LogP contribution in [-0.2, 0) is 16.6 Å². The van der Waals surface area contributed by atoms with Crippen LogP contribution in [0.15, 0.2) is 34.2 Å². The van der Waals surface area contributed by atoms with Gasteiger partial charge >= 0.3 is 6.18 Å². The van der Waals surface area contributed by atoms with Crippen molar-refractivity contribution < 1.29 is 21.6 Å². The molecule has 0 aliphatic rings. The summed E-state index contributed by atoms with van der Waals surface area (Å²) in [5.74, 6) is 0.205. The van der Waals surface area contributed by atoms with Crippen LogP contribution in [0, 0.1) is 0 Å². The molecule has 3 N–H and O–H groups in total. The quantitative estimate of drug-likeness (QED) is 0.330. The highest BCUT2D eigenvalue weighted by molar-refractivity contribution is 14.0. The van der Waals surface area contributed by atoms with Crippen molar-refractivity contribution in [3.63, 3.8) is 0 Å². The second-order valence-electron chi connectivity index (χ2n) is 4.57. The fraction of sp³-hybridized carbons (Fsp3) is 0.462. The van der Waals surface area contributed by atoms with Gasteiger partial charge in [0.1, 0.15) is 0 Å². The molecule has 11 heteroatoms. The van der Waals surface area contributed by atoms with Crippen LogP contribution in [0.2, 0.25) is 0 Å². The first-order valence-electron chi connectivity index (χ1n) is 6.71. The van der Waals surface area contributed by atoms with Crippen LogP contribution in [0.1, 0.15) is 12.0 Å². The third-order valence-electron chi connectivity index (χ3n) is 2.86. The molecule has 0 amide bonds. The Bertz CT molecular complexity index is 651. The maximum atomic E-state index is 12.1. The Morgan fingerprint density at radius 2 is 1.92 bits per heavy atom. The van der Waals surface area contributed by atoms with Gasteiger partial charge in [0.25, 0.3) is 0 Å². The topological polar surface area (TPSA) is 82.6 Å². The average molecular weight is 480 g/mol. The Morgan fingerprint density at radius 3 is 2.46 bits per heavy atom. The van der Waals surface area contributed by atoms with E-state index in [-0.39, 0.29) is 47.9 Å². The van der Waals surface area contributed by atoms with Crippen molar-refractivity contribution >= 4 is 40.0 Å². The monoisotopic (exact) mass is 480 g/mol. The fourth-order valence-electron chi connectivity index (χ4n) is 1.67. The molecule has 0 saturated heterocycles. The van der Waals surface area contributed by atoms with Gasteiger partial charge < -0.3 is 10.6 Å². The van der Waals surface area contributed by atoms with Crippen molar-refractivity contribution in [2.75, 3.05) is 20.6 Å². The third-order valence-corrected chi connectivity index (χ3v) is 4.27. The summed E-state index contributed by atoms with van der Waals surface area (Å²) in [7, 11) is -0.797. The van der Waals surface area contributed by atoms with Crippen molar-refractivity contribution in [3.05, 3.63) is 29.8 Å². The van der Waals surface area contributed by atoms with Crippen LogP contribution in [0.3, 0.4) is 0 Å². The van der Waals surface area contributed by atoms with Gasteiger partial charge in [0.05, 0.1) is 11.3 Å². The summed E-state index contributed by atoms with van der Waals surface area (Å²) in [6.45, 7) is -0.0733. The van der Waals surface area contributed by atoms with Crippen LogP contribution in [0.4, 0.5) is 13.2 Å². The van der Waals surface area contributed by atoms with Crippen LogP contribution >= 0.6 is 24.0 Å². The van der Waals surface area contributed by atoms with E-state index in [2.05, 4.69) is 20.3 Å². The molecule has 0 aromatic heterocycles. The number of nitrogens with one attached hydrogen (secondary N) is 3. The number of aliphatic imine (C=N–C) groups is 1. The van der Waals surface area contributed by atoms with Crippen LogP contribution in [0.5, 0.6) is 0 Å². The van der Waals surface area contributed by atoms with E-state index in [1.54, 1.807) is 12.1 Å². The summed E-state index contributed by atoms with van der Waals surface area (Å²) >= 11 is 0. The van der Waals surface area contributed by atoms with Gasteiger partial charge in [-0.15, -0.1) is 24.0 Å². The van der Waals surface area contributed by atoms with E-state index >= 15 is 0 Å². The lowest BCUT2D eigenvalue weighted by Crippen LogP contribution is -2.38. The largest absolute Gasteiger partial charge is 0.390 e. The molecule has 0 atom stereocenters. The normalized spacial score (nSPS) is 12.5. The van der Waals surface area contributed by atoms with E-state index in [0.717, 1.165) is 0 Å². The Kier molecular flexibility index (Phi) is 9.58. The Morgan fingerprint density at radius 1 is 1.25 bits per heavy atom. The molecule has 0 heterocycles. The number of hydrogen-bond acceptors (Lipinski definition) is 3. The van der Waals surface area contributed by atoms with Crippen molar-refractivity contribution in [1.29, 1.82) is 0 Å². The second kappa shape index (κ2) is 10.0. The predicted molar refractivity (Wildman–Crippen MR) is 97.0 cm³/mol. The lowest BCUT2D eigenvalue weighted by molar-refractivity contribution is -0.132. The summed E-state index contributed by atoms with van der Waals surface area (Å²) in [4.78, 5) is 3.92. The van der Waals surface area contributed by atoms with Crippen LogP contribution < -0.4 is 15.4 Å². The van der Waals surface area contributed by atoms with E-state index < -0.39 is 22.6 Å². The molecule has 24 heavy (non-hydrogen) atoms. The Balaban J connectivity index is 0.00000529. The van der Waals surface area contributed by atoms with E-state index in [9.17, 15) is 21.6 Å². The molecular weight excluding hydrogens is 460 g/mol. The number of guanidine groups is 1. The predicted octanol–water partition coefficient (Wildman–Crippen LogP) is 1.83. The molecular formula is C13H20F3IN4O2S. The van der Waals surface area contributed by atoms with Crippen molar-refractivity contribution in [2.24, 2.45) is 4.99 Å². The van der Waals surface area contributed by atoms with Gasteiger partial charge in [-0.2, -0.15) is 13.2 Å². The molecule has 0 fully saturated rings. The van der Waals surface area contributed by atoms with Gasteiger partial charge in [0.15, 0.2) is 5.96 Å². The Hall–Kier alpha value is -1.08. The summed E-state index contributed by atoms with van der Waals surface area (Å²) in [6, 6.07) is 6.21. The van der Waals surface area contributed by atoms with E-state index in [1.165, 1.54) is 26.2 Å². The zero-order valence-electron chi connectivity index (χ0n) is 13.1. The summed E-state index contributed by atoms with van der Waals surface area (Å²) in [6.07, 6.45) is -5.20. The smallest absolute Gasteiger partial charge is 0.356 e. The summed E-state index contributed by atoms with van der Waals surface area (Å²) in [5.41, 5.74) is 0.653. The SMILES string of the molecule is CN=C(NCCC(F)(F)F)NCc1cccc(S(=O)(=O)NC)c1.I. The first-order chi connectivity index (χ1) is 10.7. The minimum absolute atomic E-state index is 0. The second-order valence-corrected chi connectivity index (χ2v) is 6.46. The van der Waals surface area contributed by atoms with Gasteiger partial charge in [-0.05, 0) is 24.7 Å². The molecule has 1 rings (SSSR count). The third kappa shape index (κ3) is 8.15. The van der Waals surface area contributed by atoms with Crippen LogP contribution in [-0.4, -0.2) is 41.2 Å². The van der Waals surface area contributed by atoms with Gasteiger partial charge in [0, 0.05) is 20.1 Å². The standard InChI is InChI=1S/C13H19F3N4O2S.HI/c1-17-12(19-7-6-13(14,15)16)20-9-10-4-3-5-11(8-10)23(21,22)18-2;/h3-5,8,18H,6-7,9H2,1-2H3,(H2,17,19,20);1H. The summed E-state index contributed by atoms with van der Waals surface area (Å²) < 4.78 is 61.9. The number of alkyl halides is 3. The van der Waals surface area contributed by atoms with E-state index in [1.807, 2.05) is 0 Å². The highest BCUT2D eigenvalue weighted by Crippen LogP contribution is 2.18. The minimum Gasteiger partial charge on any atom is -0.356 e. The molecule has 0 aliphatic carbocycles. The highest BCUT2D eigenvalue weighted by Gasteiger charge is 2.26. The zero-order chi connectivity index (χ0) is 17.5. The first kappa shape index (κ1) is 22.9. The van der Waals surface area contributed by atoms with E-state index in [0.29, 0.717) is 5.56 Å². The number of halogens is 4. The zero-order valence-corrected chi connectivity index (χ0v) is 16.3.